The molecule has 0 bridgehead atoms. The van der Waals surface area contributed by atoms with Crippen LogP contribution in [0.15, 0.2) is 29.2 Å². The molecule has 0 radical (unpaired) electrons. The van der Waals surface area contributed by atoms with E-state index in [2.05, 4.69) is 25.4 Å². The molecule has 16 heavy (non-hydrogen) atoms. The van der Waals surface area contributed by atoms with E-state index in [1.165, 1.54) is 6.33 Å². The molecule has 80 valence electrons. The summed E-state index contributed by atoms with van der Waals surface area (Å²) in [6.07, 6.45) is 3.31. The number of nitrogens with zero attached hydrogens (tertiary/aromatic N) is 3. The minimum Gasteiger partial charge on any atom is -0.360 e. The number of anilines is 2. The quantitative estimate of drug-likeness (QED) is 0.683. The van der Waals surface area contributed by atoms with Crippen molar-refractivity contribution in [3.63, 3.8) is 0 Å². The predicted molar refractivity (Wildman–Crippen MR) is 58.4 cm³/mol. The number of aromatic nitrogens is 4. The van der Waals surface area contributed by atoms with Crippen molar-refractivity contribution in [2.24, 2.45) is 0 Å². The van der Waals surface area contributed by atoms with Crippen molar-refractivity contribution in [2.75, 3.05) is 5.32 Å². The number of aromatic amines is 1. The van der Waals surface area contributed by atoms with Gasteiger partial charge in [0.05, 0.1) is 5.39 Å². The average Bonchev–Trinajstić information content (AvgIpc) is 2.87. The molecule has 6 heteroatoms. The standard InChI is InChI=1S/C10H9N5O/c1-6-4-8(15-16-6)14-10-7-2-3-11-9(7)12-5-13-10/h2-5H,1H3,(H2,11,12,13,14,15). The third-order valence-electron chi connectivity index (χ3n) is 2.23. The van der Waals surface area contributed by atoms with E-state index in [-0.39, 0.29) is 0 Å². The Morgan fingerprint density at radius 1 is 1.38 bits per heavy atom. The van der Waals surface area contributed by atoms with Crippen molar-refractivity contribution in [1.82, 2.24) is 20.1 Å². The molecule has 0 saturated heterocycles. The topological polar surface area (TPSA) is 79.6 Å². The fourth-order valence-corrected chi connectivity index (χ4v) is 1.52. The van der Waals surface area contributed by atoms with Gasteiger partial charge in [-0.15, -0.1) is 0 Å². The van der Waals surface area contributed by atoms with Gasteiger partial charge in [0, 0.05) is 12.3 Å². The fraction of sp³-hybridized carbons (Fsp3) is 0.100. The normalized spacial score (nSPS) is 10.8. The number of nitrogens with one attached hydrogen (secondary N) is 2. The Morgan fingerprint density at radius 3 is 3.12 bits per heavy atom. The molecule has 0 unspecified atom stereocenters. The molecule has 0 aromatic carbocycles. The maximum Gasteiger partial charge on any atom is 0.175 e. The minimum absolute atomic E-state index is 0.638. The zero-order valence-corrected chi connectivity index (χ0v) is 8.56. The van der Waals surface area contributed by atoms with Gasteiger partial charge in [-0.2, -0.15) is 0 Å². The third kappa shape index (κ3) is 1.40. The molecule has 0 saturated carbocycles. The zero-order chi connectivity index (χ0) is 11.0. The van der Waals surface area contributed by atoms with Crippen LogP contribution < -0.4 is 5.32 Å². The SMILES string of the molecule is Cc1cc(Nc2ncnc3[nH]ccc23)no1. The highest BCUT2D eigenvalue weighted by molar-refractivity contribution is 5.88. The Morgan fingerprint density at radius 2 is 2.31 bits per heavy atom. The molecule has 0 aliphatic heterocycles. The maximum atomic E-state index is 4.97. The van der Waals surface area contributed by atoms with E-state index in [0.717, 1.165) is 16.8 Å². The van der Waals surface area contributed by atoms with Crippen LogP contribution in [0.5, 0.6) is 0 Å². The van der Waals surface area contributed by atoms with Crippen molar-refractivity contribution in [3.8, 4) is 0 Å². The van der Waals surface area contributed by atoms with Gasteiger partial charge in [0.25, 0.3) is 0 Å². The highest BCUT2D eigenvalue weighted by atomic mass is 16.5. The van der Waals surface area contributed by atoms with Crippen LogP contribution in [0.1, 0.15) is 5.76 Å². The van der Waals surface area contributed by atoms with Gasteiger partial charge in [0.2, 0.25) is 0 Å². The predicted octanol–water partition coefficient (Wildman–Crippen LogP) is 2.00. The molecule has 2 N–H and O–H groups in total. The van der Waals surface area contributed by atoms with Crippen molar-refractivity contribution < 1.29 is 4.52 Å². The number of rotatable bonds is 2. The van der Waals surface area contributed by atoms with Gasteiger partial charge in [-0.3, -0.25) is 0 Å². The summed E-state index contributed by atoms with van der Waals surface area (Å²) in [7, 11) is 0. The van der Waals surface area contributed by atoms with Gasteiger partial charge >= 0.3 is 0 Å². The summed E-state index contributed by atoms with van der Waals surface area (Å²) < 4.78 is 4.97. The van der Waals surface area contributed by atoms with Crippen LogP contribution in [-0.4, -0.2) is 20.1 Å². The molecule has 3 aromatic rings. The molecule has 3 aromatic heterocycles. The zero-order valence-electron chi connectivity index (χ0n) is 8.56. The van der Waals surface area contributed by atoms with E-state index < -0.39 is 0 Å². The number of hydrogen-bond donors (Lipinski definition) is 2. The van der Waals surface area contributed by atoms with Crippen molar-refractivity contribution >= 4 is 22.7 Å². The summed E-state index contributed by atoms with van der Waals surface area (Å²) in [4.78, 5) is 11.3. The Labute approximate surface area is 90.7 Å². The van der Waals surface area contributed by atoms with Crippen LogP contribution in [0, 0.1) is 6.92 Å². The first-order chi connectivity index (χ1) is 7.83. The second-order valence-corrected chi connectivity index (χ2v) is 3.41. The molecular weight excluding hydrogens is 206 g/mol. The Kier molecular flexibility index (Phi) is 1.86. The fourth-order valence-electron chi connectivity index (χ4n) is 1.52. The van der Waals surface area contributed by atoms with Gasteiger partial charge < -0.3 is 14.8 Å². The number of aryl methyl sites for hydroxylation is 1. The van der Waals surface area contributed by atoms with Gasteiger partial charge in [0.1, 0.15) is 23.6 Å². The van der Waals surface area contributed by atoms with Crippen molar-refractivity contribution in [2.45, 2.75) is 6.92 Å². The lowest BCUT2D eigenvalue weighted by Crippen LogP contribution is -1.94. The summed E-state index contributed by atoms with van der Waals surface area (Å²) in [6, 6.07) is 3.71. The molecule has 0 atom stereocenters. The molecule has 3 rings (SSSR count). The Balaban J connectivity index is 2.03. The van der Waals surface area contributed by atoms with E-state index in [1.54, 1.807) is 6.07 Å². The minimum atomic E-state index is 0.638. The third-order valence-corrected chi connectivity index (χ3v) is 2.23. The monoisotopic (exact) mass is 215 g/mol. The van der Waals surface area contributed by atoms with Crippen molar-refractivity contribution in [1.29, 1.82) is 0 Å². The van der Waals surface area contributed by atoms with Gasteiger partial charge in [0.15, 0.2) is 5.82 Å². The lowest BCUT2D eigenvalue weighted by Gasteiger charge is -2.01. The summed E-state index contributed by atoms with van der Waals surface area (Å²) >= 11 is 0. The van der Waals surface area contributed by atoms with E-state index >= 15 is 0 Å². The van der Waals surface area contributed by atoms with Gasteiger partial charge in [-0.1, -0.05) is 5.16 Å². The average molecular weight is 215 g/mol. The summed E-state index contributed by atoms with van der Waals surface area (Å²) in [6.45, 7) is 1.84. The van der Waals surface area contributed by atoms with Crippen LogP contribution in [0.2, 0.25) is 0 Å². The highest BCUT2D eigenvalue weighted by Gasteiger charge is 2.06. The lowest BCUT2D eigenvalue weighted by molar-refractivity contribution is 0.400. The highest BCUT2D eigenvalue weighted by Crippen LogP contribution is 2.21. The second kappa shape index (κ2) is 3.34. The van der Waals surface area contributed by atoms with Gasteiger partial charge in [-0.05, 0) is 13.0 Å². The van der Waals surface area contributed by atoms with Crippen LogP contribution in [0.3, 0.4) is 0 Å². The number of H-pyrrole nitrogens is 1. The molecule has 0 aliphatic carbocycles. The number of fused-ring (bicyclic) bond motifs is 1. The second-order valence-electron chi connectivity index (χ2n) is 3.41. The lowest BCUT2D eigenvalue weighted by atomic mass is 10.3. The summed E-state index contributed by atoms with van der Waals surface area (Å²) in [5.41, 5.74) is 0.790. The Hall–Kier alpha value is -2.37. The van der Waals surface area contributed by atoms with Crippen LogP contribution in [0.25, 0.3) is 11.0 Å². The molecule has 0 fully saturated rings. The smallest absolute Gasteiger partial charge is 0.175 e. The summed E-state index contributed by atoms with van der Waals surface area (Å²) in [5.74, 6) is 2.10. The van der Waals surface area contributed by atoms with E-state index in [4.69, 9.17) is 4.52 Å². The first-order valence-corrected chi connectivity index (χ1v) is 4.81. The van der Waals surface area contributed by atoms with E-state index in [1.807, 2.05) is 19.2 Å². The van der Waals surface area contributed by atoms with Crippen LogP contribution in [-0.2, 0) is 0 Å². The van der Waals surface area contributed by atoms with Crippen LogP contribution >= 0.6 is 0 Å². The first-order valence-electron chi connectivity index (χ1n) is 4.81. The molecule has 6 nitrogen and oxygen atoms in total. The van der Waals surface area contributed by atoms with Crippen LogP contribution in [0.4, 0.5) is 11.6 Å². The van der Waals surface area contributed by atoms with E-state index in [0.29, 0.717) is 11.6 Å². The maximum absolute atomic E-state index is 4.97. The molecular formula is C10H9N5O. The molecule has 0 amide bonds. The molecule has 3 heterocycles. The molecule has 0 aliphatic rings. The van der Waals surface area contributed by atoms with Gasteiger partial charge in [-0.25, -0.2) is 9.97 Å². The Bertz CT molecular complexity index is 627. The number of hydrogen-bond acceptors (Lipinski definition) is 5. The van der Waals surface area contributed by atoms with E-state index in [9.17, 15) is 0 Å². The summed E-state index contributed by atoms with van der Waals surface area (Å²) in [5, 5.41) is 7.84. The largest absolute Gasteiger partial charge is 0.360 e. The molecule has 0 spiro atoms. The van der Waals surface area contributed by atoms with Crippen molar-refractivity contribution in [3.05, 3.63) is 30.4 Å². The first kappa shape index (κ1) is 8.90.